The van der Waals surface area contributed by atoms with Crippen LogP contribution in [0.3, 0.4) is 0 Å². The van der Waals surface area contributed by atoms with Crippen molar-refractivity contribution in [2.45, 2.75) is 37.1 Å². The van der Waals surface area contributed by atoms with E-state index in [1.165, 1.54) is 0 Å². The highest BCUT2D eigenvalue weighted by Crippen LogP contribution is 2.21. The number of carbonyl (C=O) groups is 1. The molecule has 1 amide bonds. The quantitative estimate of drug-likeness (QED) is 0.733. The summed E-state index contributed by atoms with van der Waals surface area (Å²) in [6.07, 6.45) is 1.79. The van der Waals surface area contributed by atoms with E-state index in [-0.39, 0.29) is 16.8 Å². The Morgan fingerprint density at radius 2 is 2.10 bits per heavy atom. The van der Waals surface area contributed by atoms with Crippen molar-refractivity contribution in [3.8, 4) is 0 Å². The lowest BCUT2D eigenvalue weighted by Gasteiger charge is -2.24. The Hall–Kier alpha value is -1.60. The summed E-state index contributed by atoms with van der Waals surface area (Å²) in [7, 11) is -3.60. The van der Waals surface area contributed by atoms with E-state index < -0.39 is 10.0 Å². The van der Waals surface area contributed by atoms with Gasteiger partial charge in [-0.2, -0.15) is 0 Å². The van der Waals surface area contributed by atoms with Crippen molar-refractivity contribution in [3.63, 3.8) is 0 Å². The molecule has 1 fully saturated rings. The zero-order valence-corrected chi connectivity index (χ0v) is 12.9. The fourth-order valence-electron chi connectivity index (χ4n) is 2.22. The van der Waals surface area contributed by atoms with E-state index in [0.717, 1.165) is 6.42 Å². The van der Waals surface area contributed by atoms with Gasteiger partial charge in [0.05, 0.1) is 5.69 Å². The fraction of sp³-hybridized carbons (Fsp3) is 0.500. The topological polar surface area (TPSA) is 87.3 Å². The lowest BCUT2D eigenvalue weighted by molar-refractivity contribution is -0.122. The minimum absolute atomic E-state index is 0.0320. The predicted molar refractivity (Wildman–Crippen MR) is 81.6 cm³/mol. The third-order valence-electron chi connectivity index (χ3n) is 3.33. The minimum Gasteiger partial charge on any atom is -0.384 e. The van der Waals surface area contributed by atoms with Crippen molar-refractivity contribution < 1.29 is 13.2 Å². The number of benzene rings is 1. The van der Waals surface area contributed by atoms with E-state index in [0.29, 0.717) is 31.6 Å². The number of anilines is 1. The Morgan fingerprint density at radius 3 is 2.76 bits per heavy atom. The monoisotopic (exact) mass is 311 g/mol. The maximum absolute atomic E-state index is 12.5. The number of piperidine rings is 1. The second-order valence-corrected chi connectivity index (χ2v) is 6.77. The van der Waals surface area contributed by atoms with Crippen LogP contribution in [0.5, 0.6) is 0 Å². The summed E-state index contributed by atoms with van der Waals surface area (Å²) in [5.41, 5.74) is 0.603. The van der Waals surface area contributed by atoms with E-state index >= 15 is 0 Å². The maximum Gasteiger partial charge on any atom is 0.242 e. The molecule has 7 heteroatoms. The highest BCUT2D eigenvalue weighted by Gasteiger charge is 2.25. The molecule has 1 atom stereocenters. The van der Waals surface area contributed by atoms with Crippen molar-refractivity contribution >= 4 is 21.6 Å². The molecule has 21 heavy (non-hydrogen) atoms. The standard InChI is InChI=1S/C14H21N3O3S/c1-2-9-15-12-5-3-4-6-13(12)21(19,20)17-11-7-8-14(18)16-10-11/h3-6,11,15,17H,2,7-10H2,1H3,(H,16,18). The van der Waals surface area contributed by atoms with Crippen molar-refractivity contribution in [1.29, 1.82) is 0 Å². The van der Waals surface area contributed by atoms with Crippen LogP contribution in [-0.2, 0) is 14.8 Å². The summed E-state index contributed by atoms with van der Waals surface area (Å²) in [5, 5.41) is 5.80. The van der Waals surface area contributed by atoms with Gasteiger partial charge in [-0.05, 0) is 25.0 Å². The molecule has 1 heterocycles. The van der Waals surface area contributed by atoms with Gasteiger partial charge in [0.2, 0.25) is 15.9 Å². The highest BCUT2D eigenvalue weighted by molar-refractivity contribution is 7.89. The lowest BCUT2D eigenvalue weighted by atomic mass is 10.1. The smallest absolute Gasteiger partial charge is 0.242 e. The first-order valence-corrected chi connectivity index (χ1v) is 8.63. The normalized spacial score (nSPS) is 19.1. The number of amides is 1. The molecule has 1 aromatic carbocycles. The Kier molecular flexibility index (Phi) is 5.19. The molecule has 0 aromatic heterocycles. The zero-order valence-electron chi connectivity index (χ0n) is 12.1. The molecule has 1 unspecified atom stereocenters. The van der Waals surface area contributed by atoms with Gasteiger partial charge in [-0.3, -0.25) is 4.79 Å². The molecule has 0 saturated carbocycles. The predicted octanol–water partition coefficient (Wildman–Crippen LogP) is 1.07. The van der Waals surface area contributed by atoms with Crippen LogP contribution in [-0.4, -0.2) is 33.5 Å². The minimum atomic E-state index is -3.60. The molecule has 0 bridgehead atoms. The molecule has 1 aliphatic rings. The van der Waals surface area contributed by atoms with Crippen LogP contribution in [0.1, 0.15) is 26.2 Å². The number of para-hydroxylation sites is 1. The first-order chi connectivity index (χ1) is 10.0. The van der Waals surface area contributed by atoms with Gasteiger partial charge in [0, 0.05) is 25.6 Å². The molecule has 6 nitrogen and oxygen atoms in total. The van der Waals surface area contributed by atoms with E-state index in [9.17, 15) is 13.2 Å². The molecule has 1 saturated heterocycles. The molecule has 1 aromatic rings. The van der Waals surface area contributed by atoms with Crippen molar-refractivity contribution in [2.24, 2.45) is 0 Å². The molecule has 0 spiro atoms. The van der Waals surface area contributed by atoms with Gasteiger partial charge >= 0.3 is 0 Å². The van der Waals surface area contributed by atoms with Crippen LogP contribution in [0.2, 0.25) is 0 Å². The molecule has 116 valence electrons. The van der Waals surface area contributed by atoms with Gasteiger partial charge in [0.25, 0.3) is 0 Å². The molecule has 1 aliphatic heterocycles. The first-order valence-electron chi connectivity index (χ1n) is 7.15. The molecule has 0 radical (unpaired) electrons. The Balaban J connectivity index is 2.13. The maximum atomic E-state index is 12.5. The number of nitrogens with one attached hydrogen (secondary N) is 3. The number of rotatable bonds is 6. The van der Waals surface area contributed by atoms with E-state index in [4.69, 9.17) is 0 Å². The zero-order chi connectivity index (χ0) is 15.3. The number of hydrogen-bond donors (Lipinski definition) is 3. The van der Waals surface area contributed by atoms with Crippen LogP contribution < -0.4 is 15.4 Å². The summed E-state index contributed by atoms with van der Waals surface area (Å²) >= 11 is 0. The van der Waals surface area contributed by atoms with E-state index in [2.05, 4.69) is 15.4 Å². The highest BCUT2D eigenvalue weighted by atomic mass is 32.2. The summed E-state index contributed by atoms with van der Waals surface area (Å²) in [6, 6.07) is 6.59. The van der Waals surface area contributed by atoms with Crippen LogP contribution in [0, 0.1) is 0 Å². The molecular formula is C14H21N3O3S. The van der Waals surface area contributed by atoms with Gasteiger partial charge in [0.1, 0.15) is 4.90 Å². The third-order valence-corrected chi connectivity index (χ3v) is 4.91. The fourth-order valence-corrected chi connectivity index (χ4v) is 3.68. The van der Waals surface area contributed by atoms with Crippen molar-refractivity contribution in [2.75, 3.05) is 18.4 Å². The number of hydrogen-bond acceptors (Lipinski definition) is 4. The second-order valence-electron chi connectivity index (χ2n) is 5.08. The van der Waals surface area contributed by atoms with Gasteiger partial charge in [0.15, 0.2) is 0 Å². The lowest BCUT2D eigenvalue weighted by Crippen LogP contribution is -2.47. The largest absolute Gasteiger partial charge is 0.384 e. The molecule has 2 rings (SSSR count). The molecule has 3 N–H and O–H groups in total. The molecule has 0 aliphatic carbocycles. The first kappa shape index (κ1) is 15.8. The Bertz CT molecular complexity index is 591. The van der Waals surface area contributed by atoms with Crippen molar-refractivity contribution in [3.05, 3.63) is 24.3 Å². The Labute approximate surface area is 125 Å². The van der Waals surface area contributed by atoms with Crippen LogP contribution in [0.15, 0.2) is 29.2 Å². The SMILES string of the molecule is CCCNc1ccccc1S(=O)(=O)NC1CCC(=O)NC1. The molecular weight excluding hydrogens is 290 g/mol. The second kappa shape index (κ2) is 6.91. The third kappa shape index (κ3) is 4.18. The average Bonchev–Trinajstić information content (AvgIpc) is 2.47. The summed E-state index contributed by atoms with van der Waals surface area (Å²) in [6.45, 7) is 3.07. The van der Waals surface area contributed by atoms with Crippen LogP contribution in [0.4, 0.5) is 5.69 Å². The van der Waals surface area contributed by atoms with Gasteiger partial charge in [-0.25, -0.2) is 13.1 Å². The summed E-state index contributed by atoms with van der Waals surface area (Å²) in [5.74, 6) is -0.0320. The van der Waals surface area contributed by atoms with Gasteiger partial charge in [-0.15, -0.1) is 0 Å². The van der Waals surface area contributed by atoms with E-state index in [1.54, 1.807) is 24.3 Å². The Morgan fingerprint density at radius 1 is 1.33 bits per heavy atom. The van der Waals surface area contributed by atoms with Gasteiger partial charge < -0.3 is 10.6 Å². The summed E-state index contributed by atoms with van der Waals surface area (Å²) < 4.78 is 27.7. The van der Waals surface area contributed by atoms with Crippen molar-refractivity contribution in [1.82, 2.24) is 10.0 Å². The van der Waals surface area contributed by atoms with E-state index in [1.807, 2.05) is 6.92 Å². The van der Waals surface area contributed by atoms with Gasteiger partial charge in [-0.1, -0.05) is 19.1 Å². The van der Waals surface area contributed by atoms with Crippen LogP contribution >= 0.6 is 0 Å². The summed E-state index contributed by atoms with van der Waals surface area (Å²) in [4.78, 5) is 11.4. The van der Waals surface area contributed by atoms with Crippen LogP contribution in [0.25, 0.3) is 0 Å². The number of carbonyl (C=O) groups excluding carboxylic acids is 1. The number of sulfonamides is 1. The average molecular weight is 311 g/mol.